The molecule has 10 heavy (non-hydrogen) atoms. The molecule has 0 saturated heterocycles. The van der Waals surface area contributed by atoms with Crippen LogP contribution in [0.2, 0.25) is 0 Å². The van der Waals surface area contributed by atoms with E-state index >= 15 is 0 Å². The van der Waals surface area contributed by atoms with E-state index in [0.29, 0.717) is 0 Å². The molecular weight excluding hydrogens is 260 g/mol. The molecule has 0 aliphatic heterocycles. The standard InChI is InChI=1S/C4H2F3IN2/c5-4(6,7)3-1-9-10(8)2-3/h1-2H. The van der Waals surface area contributed by atoms with Gasteiger partial charge in [-0.2, -0.15) is 18.3 Å². The Labute approximate surface area is 68.5 Å². The van der Waals surface area contributed by atoms with Gasteiger partial charge in [0.2, 0.25) is 0 Å². The first-order valence-electron chi connectivity index (χ1n) is 2.28. The van der Waals surface area contributed by atoms with Crippen LogP contribution in [-0.2, 0) is 6.18 Å². The lowest BCUT2D eigenvalue weighted by Gasteiger charge is -1.99. The summed E-state index contributed by atoms with van der Waals surface area (Å²) in [5.41, 5.74) is -0.720. The smallest absolute Gasteiger partial charge is 0.211 e. The Hall–Kier alpha value is -0.270. The van der Waals surface area contributed by atoms with Gasteiger partial charge in [-0.25, -0.2) is 2.90 Å². The van der Waals surface area contributed by atoms with Gasteiger partial charge in [-0.05, 0) is 0 Å². The largest absolute Gasteiger partial charge is 0.419 e. The molecular formula is C4H2F3IN2. The zero-order valence-electron chi connectivity index (χ0n) is 4.56. The van der Waals surface area contributed by atoms with Gasteiger partial charge in [0.15, 0.2) is 0 Å². The van der Waals surface area contributed by atoms with Crippen LogP contribution in [0.4, 0.5) is 13.2 Å². The van der Waals surface area contributed by atoms with Crippen LogP contribution in [0.5, 0.6) is 0 Å². The highest BCUT2D eigenvalue weighted by Gasteiger charge is 2.31. The maximum absolute atomic E-state index is 11.7. The summed E-state index contributed by atoms with van der Waals surface area (Å²) in [6.45, 7) is 0. The van der Waals surface area contributed by atoms with E-state index in [9.17, 15) is 13.2 Å². The number of halogens is 4. The molecule has 1 heterocycles. The van der Waals surface area contributed by atoms with Gasteiger partial charge in [0.25, 0.3) is 0 Å². The highest BCUT2D eigenvalue weighted by molar-refractivity contribution is 14.1. The molecule has 0 atom stereocenters. The molecule has 1 aromatic heterocycles. The SMILES string of the molecule is FC(F)(F)c1cnn(I)c1. The van der Waals surface area contributed by atoms with E-state index in [1.165, 1.54) is 0 Å². The lowest BCUT2D eigenvalue weighted by atomic mass is 10.4. The third kappa shape index (κ3) is 1.61. The minimum absolute atomic E-state index is 0.720. The average Bonchev–Trinajstić information content (AvgIpc) is 2.11. The third-order valence-corrected chi connectivity index (χ3v) is 1.41. The molecule has 0 aliphatic carbocycles. The van der Waals surface area contributed by atoms with Crippen LogP contribution in [0, 0.1) is 0 Å². The summed E-state index contributed by atoms with van der Waals surface area (Å²) in [5.74, 6) is 0. The Bertz CT molecular complexity index is 229. The van der Waals surface area contributed by atoms with Crippen molar-refractivity contribution in [2.75, 3.05) is 0 Å². The fourth-order valence-corrected chi connectivity index (χ4v) is 0.870. The third-order valence-electron chi connectivity index (χ3n) is 0.880. The van der Waals surface area contributed by atoms with Crippen LogP contribution in [0.25, 0.3) is 0 Å². The second kappa shape index (κ2) is 2.40. The van der Waals surface area contributed by atoms with Crippen molar-refractivity contribution in [3.05, 3.63) is 18.0 Å². The fraction of sp³-hybridized carbons (Fsp3) is 0.250. The van der Waals surface area contributed by atoms with E-state index in [4.69, 9.17) is 0 Å². The van der Waals surface area contributed by atoms with Crippen LogP contribution in [-0.4, -0.2) is 7.99 Å². The van der Waals surface area contributed by atoms with Crippen LogP contribution < -0.4 is 0 Å². The molecule has 0 unspecified atom stereocenters. The van der Waals surface area contributed by atoms with E-state index in [0.717, 1.165) is 15.3 Å². The van der Waals surface area contributed by atoms with Crippen molar-refractivity contribution in [1.29, 1.82) is 0 Å². The molecule has 0 spiro atoms. The number of hydrogen-bond acceptors (Lipinski definition) is 1. The van der Waals surface area contributed by atoms with Crippen molar-refractivity contribution in [2.45, 2.75) is 6.18 Å². The predicted molar refractivity (Wildman–Crippen MR) is 36.6 cm³/mol. The second-order valence-electron chi connectivity index (χ2n) is 1.62. The normalized spacial score (nSPS) is 12.0. The van der Waals surface area contributed by atoms with Crippen LogP contribution in [0.1, 0.15) is 5.56 Å². The highest BCUT2D eigenvalue weighted by Crippen LogP contribution is 2.28. The molecule has 0 saturated carbocycles. The second-order valence-corrected chi connectivity index (χ2v) is 2.60. The molecule has 0 bridgehead atoms. The minimum Gasteiger partial charge on any atom is -0.211 e. The Morgan fingerprint density at radius 1 is 1.50 bits per heavy atom. The molecule has 2 nitrogen and oxygen atoms in total. The number of rotatable bonds is 0. The lowest BCUT2D eigenvalue weighted by molar-refractivity contribution is -0.137. The summed E-state index contributed by atoms with van der Waals surface area (Å²) in [6, 6.07) is 0. The van der Waals surface area contributed by atoms with Crippen molar-refractivity contribution < 1.29 is 13.2 Å². The summed E-state index contributed by atoms with van der Waals surface area (Å²) >= 11 is 1.65. The lowest BCUT2D eigenvalue weighted by Crippen LogP contribution is -2.02. The Balaban J connectivity index is 2.96. The van der Waals surface area contributed by atoms with Gasteiger partial charge in [-0.15, -0.1) is 0 Å². The zero-order valence-corrected chi connectivity index (χ0v) is 6.72. The van der Waals surface area contributed by atoms with E-state index in [-0.39, 0.29) is 0 Å². The summed E-state index contributed by atoms with van der Waals surface area (Å²) in [6.07, 6.45) is -2.57. The predicted octanol–water partition coefficient (Wildman–Crippen LogP) is 2.10. The summed E-state index contributed by atoms with van der Waals surface area (Å²) < 4.78 is 36.3. The van der Waals surface area contributed by atoms with E-state index in [1.807, 2.05) is 0 Å². The van der Waals surface area contributed by atoms with Crippen molar-refractivity contribution in [3.63, 3.8) is 0 Å². The Morgan fingerprint density at radius 3 is 2.30 bits per heavy atom. The quantitative estimate of drug-likeness (QED) is 0.654. The molecule has 0 aromatic carbocycles. The topological polar surface area (TPSA) is 17.8 Å². The molecule has 1 aromatic rings. The maximum Gasteiger partial charge on any atom is 0.419 e. The minimum atomic E-state index is -4.27. The summed E-state index contributed by atoms with van der Waals surface area (Å²) in [4.78, 5) is 0. The average molecular weight is 262 g/mol. The molecule has 6 heteroatoms. The molecule has 56 valence electrons. The van der Waals surface area contributed by atoms with Gasteiger partial charge in [0, 0.05) is 6.20 Å². The first-order chi connectivity index (χ1) is 4.50. The van der Waals surface area contributed by atoms with Crippen LogP contribution in [0.3, 0.4) is 0 Å². The van der Waals surface area contributed by atoms with Crippen molar-refractivity contribution >= 4 is 22.9 Å². The summed E-state index contributed by atoms with van der Waals surface area (Å²) in [5, 5.41) is 3.37. The number of aromatic nitrogens is 2. The zero-order chi connectivity index (χ0) is 7.78. The Kier molecular flexibility index (Phi) is 1.88. The molecule has 0 fully saturated rings. The van der Waals surface area contributed by atoms with Gasteiger partial charge in [-0.3, -0.25) is 0 Å². The molecule has 1 rings (SSSR count). The van der Waals surface area contributed by atoms with Gasteiger partial charge in [-0.1, -0.05) is 0 Å². The van der Waals surface area contributed by atoms with Gasteiger partial charge in [0.05, 0.1) is 34.6 Å². The van der Waals surface area contributed by atoms with Crippen LogP contribution in [0.15, 0.2) is 12.4 Å². The van der Waals surface area contributed by atoms with Crippen molar-refractivity contribution in [3.8, 4) is 0 Å². The number of alkyl halides is 3. The Morgan fingerprint density at radius 2 is 2.10 bits per heavy atom. The monoisotopic (exact) mass is 262 g/mol. The molecule has 0 aliphatic rings. The van der Waals surface area contributed by atoms with Gasteiger partial charge in [0.1, 0.15) is 0 Å². The number of hydrogen-bond donors (Lipinski definition) is 0. The van der Waals surface area contributed by atoms with Gasteiger partial charge < -0.3 is 0 Å². The van der Waals surface area contributed by atoms with Crippen molar-refractivity contribution in [2.24, 2.45) is 0 Å². The molecule has 0 N–H and O–H groups in total. The first-order valence-corrected chi connectivity index (χ1v) is 3.24. The molecule has 0 radical (unpaired) electrons. The van der Waals surface area contributed by atoms with E-state index in [2.05, 4.69) is 5.10 Å². The van der Waals surface area contributed by atoms with Gasteiger partial charge >= 0.3 is 6.18 Å². The highest BCUT2D eigenvalue weighted by atomic mass is 127. The fourth-order valence-electron chi connectivity index (χ4n) is 0.445. The number of nitrogens with zero attached hydrogens (tertiary/aromatic N) is 2. The molecule has 0 amide bonds. The summed E-state index contributed by atoms with van der Waals surface area (Å²) in [7, 11) is 0. The van der Waals surface area contributed by atoms with Crippen LogP contribution >= 0.6 is 22.9 Å². The maximum atomic E-state index is 11.7. The van der Waals surface area contributed by atoms with Crippen molar-refractivity contribution in [1.82, 2.24) is 7.99 Å². The van der Waals surface area contributed by atoms with E-state index in [1.54, 1.807) is 22.9 Å². The first kappa shape index (κ1) is 7.83. The van der Waals surface area contributed by atoms with E-state index < -0.39 is 11.7 Å².